The maximum atomic E-state index is 13.1. The van der Waals surface area contributed by atoms with Crippen molar-refractivity contribution in [1.29, 1.82) is 0 Å². The summed E-state index contributed by atoms with van der Waals surface area (Å²) in [6, 6.07) is 15.2. The van der Waals surface area contributed by atoms with E-state index < -0.39 is 12.2 Å². The Morgan fingerprint density at radius 2 is 1.21 bits per heavy atom. The SMILES string of the molecule is CCC(Oc1cccc(C)c1)C(=O)NC1CCCCC1NC(=O)C(CC)Oc1cccc(C)c1. The lowest BCUT2D eigenvalue weighted by molar-refractivity contribution is -0.132. The van der Waals surface area contributed by atoms with Gasteiger partial charge in [-0.05, 0) is 74.9 Å². The van der Waals surface area contributed by atoms with Crippen molar-refractivity contribution in [2.45, 2.75) is 90.5 Å². The lowest BCUT2D eigenvalue weighted by atomic mass is 9.89. The molecule has 2 aromatic rings. The Morgan fingerprint density at radius 1 is 0.794 bits per heavy atom. The molecule has 1 fully saturated rings. The number of carbonyl (C=O) groups is 2. The van der Waals surface area contributed by atoms with Crippen LogP contribution in [0.2, 0.25) is 0 Å². The normalized spacial score (nSPS) is 19.5. The molecule has 6 heteroatoms. The van der Waals surface area contributed by atoms with Crippen molar-refractivity contribution in [3.63, 3.8) is 0 Å². The van der Waals surface area contributed by atoms with E-state index in [9.17, 15) is 9.59 Å². The van der Waals surface area contributed by atoms with Crippen molar-refractivity contribution in [2.24, 2.45) is 0 Å². The summed E-state index contributed by atoms with van der Waals surface area (Å²) in [6.45, 7) is 7.87. The molecule has 2 aromatic carbocycles. The smallest absolute Gasteiger partial charge is 0.261 e. The first-order valence-corrected chi connectivity index (χ1v) is 12.5. The predicted molar refractivity (Wildman–Crippen MR) is 134 cm³/mol. The molecule has 4 atom stereocenters. The molecule has 0 aliphatic heterocycles. The number of hydrogen-bond donors (Lipinski definition) is 2. The van der Waals surface area contributed by atoms with Crippen molar-refractivity contribution in [3.8, 4) is 11.5 Å². The Morgan fingerprint density at radius 3 is 1.56 bits per heavy atom. The number of rotatable bonds is 10. The lowest BCUT2D eigenvalue weighted by Gasteiger charge is -2.34. The molecule has 1 saturated carbocycles. The first kappa shape index (κ1) is 25.6. The van der Waals surface area contributed by atoms with Crippen LogP contribution in [-0.2, 0) is 9.59 Å². The average molecular weight is 467 g/mol. The quantitative estimate of drug-likeness (QED) is 0.524. The van der Waals surface area contributed by atoms with E-state index >= 15 is 0 Å². The van der Waals surface area contributed by atoms with Gasteiger partial charge in [0.05, 0.1) is 0 Å². The van der Waals surface area contributed by atoms with Gasteiger partial charge in [-0.1, -0.05) is 51.0 Å². The second kappa shape index (κ2) is 12.4. The zero-order valence-corrected chi connectivity index (χ0v) is 20.8. The van der Waals surface area contributed by atoms with Gasteiger partial charge in [0.1, 0.15) is 11.5 Å². The van der Waals surface area contributed by atoms with Crippen LogP contribution in [0.5, 0.6) is 11.5 Å². The Balaban J connectivity index is 1.61. The highest BCUT2D eigenvalue weighted by Gasteiger charge is 2.32. The number of amides is 2. The van der Waals surface area contributed by atoms with Gasteiger partial charge in [0.25, 0.3) is 11.8 Å². The fourth-order valence-electron chi connectivity index (χ4n) is 4.38. The lowest BCUT2D eigenvalue weighted by Crippen LogP contribution is -2.57. The van der Waals surface area contributed by atoms with Gasteiger partial charge in [-0.2, -0.15) is 0 Å². The number of aryl methyl sites for hydroxylation is 2. The molecule has 34 heavy (non-hydrogen) atoms. The van der Waals surface area contributed by atoms with Crippen molar-refractivity contribution in [3.05, 3.63) is 59.7 Å². The molecule has 0 radical (unpaired) electrons. The molecule has 0 bridgehead atoms. The van der Waals surface area contributed by atoms with Crippen LogP contribution in [0, 0.1) is 13.8 Å². The van der Waals surface area contributed by atoms with Gasteiger partial charge in [-0.25, -0.2) is 0 Å². The summed E-state index contributed by atoms with van der Waals surface area (Å²) in [4.78, 5) is 26.1. The van der Waals surface area contributed by atoms with Crippen LogP contribution in [-0.4, -0.2) is 36.1 Å². The van der Waals surface area contributed by atoms with E-state index in [-0.39, 0.29) is 23.9 Å². The summed E-state index contributed by atoms with van der Waals surface area (Å²) >= 11 is 0. The van der Waals surface area contributed by atoms with E-state index in [0.29, 0.717) is 24.3 Å². The molecule has 0 heterocycles. The number of hydrogen-bond acceptors (Lipinski definition) is 4. The van der Waals surface area contributed by atoms with E-state index in [1.807, 2.05) is 76.2 Å². The molecule has 1 aliphatic rings. The maximum Gasteiger partial charge on any atom is 0.261 e. The van der Waals surface area contributed by atoms with Crippen LogP contribution in [0.3, 0.4) is 0 Å². The second-order valence-corrected chi connectivity index (χ2v) is 9.18. The fourth-order valence-corrected chi connectivity index (χ4v) is 4.38. The van der Waals surface area contributed by atoms with E-state index in [1.165, 1.54) is 0 Å². The van der Waals surface area contributed by atoms with E-state index in [4.69, 9.17) is 9.47 Å². The van der Waals surface area contributed by atoms with Crippen LogP contribution in [0.4, 0.5) is 0 Å². The van der Waals surface area contributed by atoms with E-state index in [1.54, 1.807) is 0 Å². The first-order valence-electron chi connectivity index (χ1n) is 12.5. The molecular weight excluding hydrogens is 428 g/mol. The highest BCUT2D eigenvalue weighted by Crippen LogP contribution is 2.21. The minimum atomic E-state index is -0.576. The Hall–Kier alpha value is -3.02. The van der Waals surface area contributed by atoms with Gasteiger partial charge in [0.2, 0.25) is 0 Å². The van der Waals surface area contributed by atoms with Gasteiger partial charge in [0, 0.05) is 12.1 Å². The standard InChI is InChI=1S/C28H38N2O4/c1-5-25(33-21-13-9-11-19(3)17-21)27(31)29-23-15-7-8-16-24(23)30-28(32)26(6-2)34-22-14-10-12-20(4)18-22/h9-14,17-18,23-26H,5-8,15-16H2,1-4H3,(H,29,31)(H,30,32). The third-order valence-electron chi connectivity index (χ3n) is 6.28. The molecule has 3 rings (SSSR count). The summed E-state index contributed by atoms with van der Waals surface area (Å²) in [6.07, 6.45) is 3.66. The third-order valence-corrected chi connectivity index (χ3v) is 6.28. The van der Waals surface area contributed by atoms with Crippen LogP contribution in [0.25, 0.3) is 0 Å². The number of nitrogens with one attached hydrogen (secondary N) is 2. The van der Waals surface area contributed by atoms with Gasteiger partial charge in [-0.3, -0.25) is 9.59 Å². The maximum absolute atomic E-state index is 13.1. The Bertz CT molecular complexity index is 883. The van der Waals surface area contributed by atoms with Gasteiger partial charge < -0.3 is 20.1 Å². The van der Waals surface area contributed by atoms with Crippen molar-refractivity contribution >= 4 is 11.8 Å². The monoisotopic (exact) mass is 466 g/mol. The molecular formula is C28H38N2O4. The summed E-state index contributed by atoms with van der Waals surface area (Å²) < 4.78 is 12.0. The van der Waals surface area contributed by atoms with Gasteiger partial charge in [-0.15, -0.1) is 0 Å². The number of ether oxygens (including phenoxy) is 2. The van der Waals surface area contributed by atoms with Gasteiger partial charge in [0.15, 0.2) is 12.2 Å². The first-order chi connectivity index (χ1) is 16.4. The highest BCUT2D eigenvalue weighted by molar-refractivity contribution is 5.83. The molecule has 0 saturated heterocycles. The number of benzene rings is 2. The van der Waals surface area contributed by atoms with Crippen molar-refractivity contribution < 1.29 is 19.1 Å². The molecule has 184 valence electrons. The highest BCUT2D eigenvalue weighted by atomic mass is 16.5. The van der Waals surface area contributed by atoms with Crippen LogP contribution >= 0.6 is 0 Å². The zero-order valence-electron chi connectivity index (χ0n) is 20.8. The van der Waals surface area contributed by atoms with Crippen LogP contribution in [0.1, 0.15) is 63.5 Å². The molecule has 1 aliphatic carbocycles. The van der Waals surface area contributed by atoms with Crippen LogP contribution in [0.15, 0.2) is 48.5 Å². The fraction of sp³-hybridized carbons (Fsp3) is 0.500. The summed E-state index contributed by atoms with van der Waals surface area (Å²) in [5, 5.41) is 6.31. The Kier molecular flexibility index (Phi) is 9.37. The minimum absolute atomic E-state index is 0.128. The van der Waals surface area contributed by atoms with Crippen molar-refractivity contribution in [1.82, 2.24) is 10.6 Å². The molecule has 6 nitrogen and oxygen atoms in total. The van der Waals surface area contributed by atoms with Crippen molar-refractivity contribution in [2.75, 3.05) is 0 Å². The zero-order chi connectivity index (χ0) is 24.5. The number of carbonyl (C=O) groups excluding carboxylic acids is 2. The molecule has 0 spiro atoms. The molecule has 0 aromatic heterocycles. The second-order valence-electron chi connectivity index (χ2n) is 9.18. The van der Waals surface area contributed by atoms with E-state index in [2.05, 4.69) is 10.6 Å². The molecule has 4 unspecified atom stereocenters. The Labute approximate surface area is 203 Å². The van der Waals surface area contributed by atoms with Crippen LogP contribution < -0.4 is 20.1 Å². The largest absolute Gasteiger partial charge is 0.481 e. The minimum Gasteiger partial charge on any atom is -0.481 e. The summed E-state index contributed by atoms with van der Waals surface area (Å²) in [5.74, 6) is 1.10. The summed E-state index contributed by atoms with van der Waals surface area (Å²) in [5.41, 5.74) is 2.17. The molecule has 2 N–H and O–H groups in total. The average Bonchev–Trinajstić information content (AvgIpc) is 2.82. The summed E-state index contributed by atoms with van der Waals surface area (Å²) in [7, 11) is 0. The third kappa shape index (κ3) is 7.24. The van der Waals surface area contributed by atoms with Gasteiger partial charge >= 0.3 is 0 Å². The predicted octanol–water partition coefficient (Wildman–Crippen LogP) is 4.86. The topological polar surface area (TPSA) is 76.7 Å². The molecule has 2 amide bonds. The van der Waals surface area contributed by atoms with E-state index in [0.717, 1.165) is 36.8 Å².